The van der Waals surface area contributed by atoms with Gasteiger partial charge in [0.05, 0.1) is 18.0 Å². The number of imide groups is 1. The molecule has 2 amide bonds. The summed E-state index contributed by atoms with van der Waals surface area (Å²) in [5, 5.41) is 15.3. The highest BCUT2D eigenvalue weighted by atomic mass is 35.5. The maximum absolute atomic E-state index is 13.7. The van der Waals surface area contributed by atoms with Crippen molar-refractivity contribution in [1.29, 1.82) is 5.26 Å². The van der Waals surface area contributed by atoms with Gasteiger partial charge in [-0.2, -0.15) is 10.4 Å². The average molecular weight is 621 g/mol. The molecule has 9 nitrogen and oxygen atoms in total. The van der Waals surface area contributed by atoms with Crippen molar-refractivity contribution in [1.82, 2.24) is 14.7 Å². The first-order chi connectivity index (χ1) is 21.8. The van der Waals surface area contributed by atoms with Crippen molar-refractivity contribution >= 4 is 35.5 Å². The van der Waals surface area contributed by atoms with Crippen LogP contribution in [-0.2, 0) is 25.7 Å². The lowest BCUT2D eigenvalue weighted by Crippen LogP contribution is -2.43. The molecule has 5 rings (SSSR count). The monoisotopic (exact) mass is 620 g/mol. The molecule has 226 valence electrons. The number of halogens is 1. The molecule has 1 aliphatic rings. The van der Waals surface area contributed by atoms with Crippen LogP contribution in [0.1, 0.15) is 31.4 Å². The second-order valence-electron chi connectivity index (χ2n) is 10.2. The van der Waals surface area contributed by atoms with Crippen molar-refractivity contribution in [2.75, 3.05) is 13.2 Å². The molecule has 0 fully saturated rings. The lowest BCUT2D eigenvalue weighted by Gasteiger charge is -2.27. The van der Waals surface area contributed by atoms with E-state index in [2.05, 4.69) is 0 Å². The number of esters is 1. The number of benzene rings is 3. The zero-order chi connectivity index (χ0) is 31.9. The minimum Gasteiger partial charge on any atom is -0.489 e. The predicted molar refractivity (Wildman–Crippen MR) is 169 cm³/mol. The van der Waals surface area contributed by atoms with Crippen LogP contribution >= 0.6 is 11.6 Å². The minimum atomic E-state index is -0.674. The maximum atomic E-state index is 13.7. The van der Waals surface area contributed by atoms with Crippen LogP contribution in [0, 0.1) is 11.3 Å². The van der Waals surface area contributed by atoms with Gasteiger partial charge in [-0.3, -0.25) is 19.3 Å². The number of carbonyl (C=O) groups is 3. The predicted octanol–water partition coefficient (Wildman–Crippen LogP) is 6.32. The molecular formula is C35H29ClN4O5. The largest absolute Gasteiger partial charge is 0.489 e. The number of carbonyl (C=O) groups excluding carboxylic acids is 3. The number of amides is 2. The molecule has 1 aliphatic heterocycles. The van der Waals surface area contributed by atoms with Gasteiger partial charge in [-0.15, -0.1) is 0 Å². The van der Waals surface area contributed by atoms with E-state index in [0.29, 0.717) is 28.6 Å². The quantitative estimate of drug-likeness (QED) is 0.0882. The number of nitriles is 1. The molecule has 0 aliphatic carbocycles. The molecule has 2 heterocycles. The highest BCUT2D eigenvalue weighted by molar-refractivity contribution is 6.31. The number of hydrogen-bond donors (Lipinski definition) is 0. The number of ether oxygens (including phenoxy) is 2. The molecule has 0 bridgehead atoms. The molecule has 0 radical (unpaired) electrons. The number of nitrogens with zero attached hydrogens (tertiary/aromatic N) is 4. The maximum Gasteiger partial charge on any atom is 0.302 e. The van der Waals surface area contributed by atoms with Crippen molar-refractivity contribution < 1.29 is 23.9 Å². The number of aromatic nitrogens is 2. The van der Waals surface area contributed by atoms with E-state index in [1.165, 1.54) is 6.92 Å². The van der Waals surface area contributed by atoms with Crippen molar-refractivity contribution in [3.63, 3.8) is 0 Å². The molecule has 0 spiro atoms. The molecule has 10 heteroatoms. The third-order valence-electron chi connectivity index (χ3n) is 7.20. The summed E-state index contributed by atoms with van der Waals surface area (Å²) in [4.78, 5) is 38.9. The Hall–Kier alpha value is -5.46. The fraction of sp³-hybridized carbons (Fsp3) is 0.171. The lowest BCUT2D eigenvalue weighted by molar-refractivity contribution is -0.141. The van der Waals surface area contributed by atoms with Crippen LogP contribution in [0.5, 0.6) is 5.75 Å². The van der Waals surface area contributed by atoms with Gasteiger partial charge in [-0.1, -0.05) is 48.0 Å². The molecule has 0 saturated heterocycles. The van der Waals surface area contributed by atoms with Gasteiger partial charge in [-0.05, 0) is 67.5 Å². The Morgan fingerprint density at radius 3 is 2.40 bits per heavy atom. The van der Waals surface area contributed by atoms with E-state index in [1.54, 1.807) is 23.9 Å². The highest BCUT2D eigenvalue weighted by Gasteiger charge is 2.35. The summed E-state index contributed by atoms with van der Waals surface area (Å²) < 4.78 is 12.6. The van der Waals surface area contributed by atoms with E-state index in [0.717, 1.165) is 21.7 Å². The first-order valence-electron chi connectivity index (χ1n) is 14.2. The summed E-state index contributed by atoms with van der Waals surface area (Å²) in [6, 6.07) is 26.4. The van der Waals surface area contributed by atoms with Gasteiger partial charge < -0.3 is 9.47 Å². The van der Waals surface area contributed by atoms with E-state index in [1.807, 2.05) is 84.9 Å². The Bertz CT molecular complexity index is 1850. The summed E-state index contributed by atoms with van der Waals surface area (Å²) in [6.45, 7) is 3.22. The molecule has 4 aromatic rings. The summed E-state index contributed by atoms with van der Waals surface area (Å²) in [7, 11) is 0. The summed E-state index contributed by atoms with van der Waals surface area (Å²) in [5.41, 5.74) is 4.00. The third kappa shape index (κ3) is 7.03. The second-order valence-corrected chi connectivity index (χ2v) is 10.7. The molecule has 45 heavy (non-hydrogen) atoms. The fourth-order valence-corrected chi connectivity index (χ4v) is 5.03. The molecule has 0 N–H and O–H groups in total. The van der Waals surface area contributed by atoms with E-state index in [4.69, 9.17) is 26.2 Å². The smallest absolute Gasteiger partial charge is 0.302 e. The molecular weight excluding hydrogens is 592 g/mol. The summed E-state index contributed by atoms with van der Waals surface area (Å²) in [6.07, 6.45) is 3.70. The van der Waals surface area contributed by atoms with Crippen LogP contribution in [0.15, 0.2) is 102 Å². The van der Waals surface area contributed by atoms with E-state index in [9.17, 15) is 19.6 Å². The van der Waals surface area contributed by atoms with Crippen LogP contribution < -0.4 is 4.74 Å². The average Bonchev–Trinajstić information content (AvgIpc) is 3.47. The highest BCUT2D eigenvalue weighted by Crippen LogP contribution is 2.32. The Morgan fingerprint density at radius 2 is 1.71 bits per heavy atom. The SMILES string of the molecule is CC(=O)OCCCN1C(=O)C(C#N)=C(C)/C(=C\c2cn(-c3ccccc3)nc2-c2ccc(OCc3ccccc3Cl)cc2)C1=O. The molecule has 1 aromatic heterocycles. The minimum absolute atomic E-state index is 0.00740. The zero-order valence-corrected chi connectivity index (χ0v) is 25.5. The van der Waals surface area contributed by atoms with Crippen molar-refractivity contribution in [2.24, 2.45) is 0 Å². The normalized spacial score (nSPS) is 14.1. The van der Waals surface area contributed by atoms with Crippen LogP contribution in [0.3, 0.4) is 0 Å². The Morgan fingerprint density at radius 1 is 1.00 bits per heavy atom. The zero-order valence-electron chi connectivity index (χ0n) is 24.7. The fourth-order valence-electron chi connectivity index (χ4n) is 4.84. The van der Waals surface area contributed by atoms with E-state index in [-0.39, 0.29) is 36.3 Å². The molecule has 3 aromatic carbocycles. The van der Waals surface area contributed by atoms with Crippen LogP contribution in [-0.4, -0.2) is 45.6 Å². The Kier molecular flexibility index (Phi) is 9.56. The third-order valence-corrected chi connectivity index (χ3v) is 7.57. The molecule has 0 atom stereocenters. The van der Waals surface area contributed by atoms with Gasteiger partial charge in [0.1, 0.15) is 24.0 Å². The second kappa shape index (κ2) is 13.9. The Labute approximate surface area is 265 Å². The van der Waals surface area contributed by atoms with Gasteiger partial charge >= 0.3 is 5.97 Å². The lowest BCUT2D eigenvalue weighted by atomic mass is 9.93. The van der Waals surface area contributed by atoms with Gasteiger partial charge in [-0.25, -0.2) is 4.68 Å². The molecule has 0 unspecified atom stereocenters. The first-order valence-corrected chi connectivity index (χ1v) is 14.6. The van der Waals surface area contributed by atoms with E-state index < -0.39 is 17.8 Å². The number of para-hydroxylation sites is 1. The van der Waals surface area contributed by atoms with Crippen LogP contribution in [0.4, 0.5) is 0 Å². The standard InChI is InChI=1S/C35H29ClN4O5/c1-23-30(34(42)39(35(43)31(23)20-37)17-8-18-44-24(2)41)19-27-21-40(28-10-4-3-5-11-28)38-33(27)25-13-15-29(16-14-25)45-22-26-9-6-7-12-32(26)36/h3-7,9-16,19,21H,8,17-18,22H2,1-2H3/b30-19+. The van der Waals surface area contributed by atoms with Gasteiger partial charge in [0, 0.05) is 47.0 Å². The van der Waals surface area contributed by atoms with E-state index >= 15 is 0 Å². The molecule has 0 saturated carbocycles. The summed E-state index contributed by atoms with van der Waals surface area (Å²) in [5.74, 6) is -1.03. The van der Waals surface area contributed by atoms with Gasteiger partial charge in [0.25, 0.3) is 11.8 Å². The number of hydrogen-bond acceptors (Lipinski definition) is 7. The Balaban J connectivity index is 1.50. The van der Waals surface area contributed by atoms with Gasteiger partial charge in [0.15, 0.2) is 0 Å². The summed E-state index contributed by atoms with van der Waals surface area (Å²) >= 11 is 6.26. The van der Waals surface area contributed by atoms with Crippen molar-refractivity contribution in [3.05, 3.63) is 118 Å². The first kappa shape index (κ1) is 31.0. The van der Waals surface area contributed by atoms with Crippen LogP contribution in [0.25, 0.3) is 23.0 Å². The topological polar surface area (TPSA) is 115 Å². The van der Waals surface area contributed by atoms with Gasteiger partial charge in [0.2, 0.25) is 0 Å². The van der Waals surface area contributed by atoms with Crippen molar-refractivity contribution in [2.45, 2.75) is 26.9 Å². The van der Waals surface area contributed by atoms with Crippen LogP contribution in [0.2, 0.25) is 5.02 Å². The number of rotatable bonds is 10. The van der Waals surface area contributed by atoms with Crippen molar-refractivity contribution in [3.8, 4) is 28.8 Å².